The van der Waals surface area contributed by atoms with Gasteiger partial charge in [-0.25, -0.2) is 4.98 Å². The van der Waals surface area contributed by atoms with E-state index in [-0.39, 0.29) is 12.4 Å². The van der Waals surface area contributed by atoms with E-state index in [4.69, 9.17) is 4.42 Å². The van der Waals surface area contributed by atoms with Crippen LogP contribution in [0.2, 0.25) is 0 Å². The maximum atomic E-state index is 12.4. The van der Waals surface area contributed by atoms with Gasteiger partial charge in [-0.05, 0) is 31.2 Å². The molecule has 108 valence electrons. The predicted molar refractivity (Wildman–Crippen MR) is 66.0 cm³/mol. The van der Waals surface area contributed by atoms with E-state index in [0.717, 1.165) is 12.3 Å². The molecule has 2 aromatic rings. The molecule has 0 aliphatic heterocycles. The topological polar surface area (TPSA) is 58.3 Å². The number of alkyl halides is 3. The van der Waals surface area contributed by atoms with Crippen molar-refractivity contribution in [3.05, 3.63) is 48.0 Å². The van der Waals surface area contributed by atoms with Crippen molar-refractivity contribution in [1.82, 2.24) is 4.98 Å². The minimum absolute atomic E-state index is 0.0544. The Kier molecular flexibility index (Phi) is 3.71. The zero-order valence-electron chi connectivity index (χ0n) is 10.6. The van der Waals surface area contributed by atoms with Crippen LogP contribution in [0.1, 0.15) is 18.2 Å². The molecule has 2 heterocycles. The largest absolute Gasteiger partial charge is 0.466 e. The summed E-state index contributed by atoms with van der Waals surface area (Å²) in [6.07, 6.45) is -2.24. The number of aromatic nitrogens is 1. The third kappa shape index (κ3) is 3.30. The first-order chi connectivity index (χ1) is 9.29. The molecule has 0 amide bonds. The van der Waals surface area contributed by atoms with Crippen molar-refractivity contribution < 1.29 is 22.7 Å². The number of nitrogens with zero attached hydrogens (tertiary/aromatic N) is 1. The van der Waals surface area contributed by atoms with Gasteiger partial charge in [0.05, 0.1) is 18.4 Å². The fourth-order valence-corrected chi connectivity index (χ4v) is 1.60. The molecule has 2 rings (SSSR count). The summed E-state index contributed by atoms with van der Waals surface area (Å²) >= 11 is 0. The predicted octanol–water partition coefficient (Wildman–Crippen LogP) is 3.01. The molecule has 0 saturated heterocycles. The van der Waals surface area contributed by atoms with Crippen molar-refractivity contribution in [2.45, 2.75) is 18.7 Å². The Morgan fingerprint density at radius 3 is 2.55 bits per heavy atom. The molecule has 1 atom stereocenters. The Balaban J connectivity index is 2.01. The number of anilines is 1. The zero-order valence-corrected chi connectivity index (χ0v) is 10.6. The van der Waals surface area contributed by atoms with Crippen LogP contribution >= 0.6 is 0 Å². The maximum absolute atomic E-state index is 12.4. The molecule has 0 aliphatic carbocycles. The molecule has 0 saturated carbocycles. The van der Waals surface area contributed by atoms with Gasteiger partial charge in [0.1, 0.15) is 17.2 Å². The highest BCUT2D eigenvalue weighted by atomic mass is 19.4. The fourth-order valence-electron chi connectivity index (χ4n) is 1.60. The van der Waals surface area contributed by atoms with Crippen molar-refractivity contribution in [1.29, 1.82) is 0 Å². The lowest BCUT2D eigenvalue weighted by molar-refractivity contribution is -0.137. The van der Waals surface area contributed by atoms with Gasteiger partial charge in [0, 0.05) is 6.20 Å². The van der Waals surface area contributed by atoms with Crippen LogP contribution in [0.15, 0.2) is 41.1 Å². The van der Waals surface area contributed by atoms with Gasteiger partial charge in [-0.15, -0.1) is 0 Å². The van der Waals surface area contributed by atoms with Crippen LogP contribution in [0.25, 0.3) is 0 Å². The summed E-state index contributed by atoms with van der Waals surface area (Å²) in [5.74, 6) is 0.599. The smallest absolute Gasteiger partial charge is 0.417 e. The number of nitrogens with one attached hydrogen (secondary N) is 1. The number of halogens is 3. The lowest BCUT2D eigenvalue weighted by atomic mass is 10.0. The highest BCUT2D eigenvalue weighted by molar-refractivity contribution is 5.37. The molecule has 0 aliphatic rings. The summed E-state index contributed by atoms with van der Waals surface area (Å²) in [6, 6.07) is 5.39. The second kappa shape index (κ2) is 5.16. The van der Waals surface area contributed by atoms with Gasteiger partial charge in [-0.2, -0.15) is 13.2 Å². The van der Waals surface area contributed by atoms with Crippen LogP contribution in [-0.4, -0.2) is 16.6 Å². The second-order valence-corrected chi connectivity index (χ2v) is 4.53. The molecule has 7 heteroatoms. The molecule has 2 aromatic heterocycles. The van der Waals surface area contributed by atoms with E-state index < -0.39 is 17.3 Å². The number of aliphatic hydroxyl groups is 1. The third-order valence-electron chi connectivity index (χ3n) is 2.76. The Labute approximate surface area is 113 Å². The van der Waals surface area contributed by atoms with Gasteiger partial charge >= 0.3 is 6.18 Å². The van der Waals surface area contributed by atoms with E-state index in [1.54, 1.807) is 12.1 Å². The number of rotatable bonds is 4. The van der Waals surface area contributed by atoms with Crippen molar-refractivity contribution >= 4 is 5.82 Å². The van der Waals surface area contributed by atoms with Gasteiger partial charge in [0.15, 0.2) is 0 Å². The number of furan rings is 1. The van der Waals surface area contributed by atoms with Crippen LogP contribution in [0.3, 0.4) is 0 Å². The molecule has 2 N–H and O–H groups in total. The SMILES string of the molecule is CC(O)(CNc1ccc(C(F)(F)F)cn1)c1ccco1. The van der Waals surface area contributed by atoms with Gasteiger partial charge in [0.25, 0.3) is 0 Å². The molecule has 20 heavy (non-hydrogen) atoms. The third-order valence-corrected chi connectivity index (χ3v) is 2.76. The Hall–Kier alpha value is -2.02. The summed E-state index contributed by atoms with van der Waals surface area (Å²) in [5, 5.41) is 12.9. The molecule has 0 aromatic carbocycles. The number of pyridine rings is 1. The van der Waals surface area contributed by atoms with E-state index in [9.17, 15) is 18.3 Å². The number of hydrogen-bond donors (Lipinski definition) is 2. The van der Waals surface area contributed by atoms with E-state index >= 15 is 0 Å². The summed E-state index contributed by atoms with van der Waals surface area (Å²) in [4.78, 5) is 3.66. The Morgan fingerprint density at radius 2 is 2.05 bits per heavy atom. The van der Waals surface area contributed by atoms with Gasteiger partial charge in [0.2, 0.25) is 0 Å². The first-order valence-electron chi connectivity index (χ1n) is 5.82. The van der Waals surface area contributed by atoms with Crippen LogP contribution < -0.4 is 5.32 Å². The van der Waals surface area contributed by atoms with Crippen LogP contribution in [-0.2, 0) is 11.8 Å². The lowest BCUT2D eigenvalue weighted by Crippen LogP contribution is -2.30. The minimum atomic E-state index is -4.41. The molecular formula is C13H13F3N2O2. The van der Waals surface area contributed by atoms with Crippen molar-refractivity contribution in [2.75, 3.05) is 11.9 Å². The summed E-state index contributed by atoms with van der Waals surface area (Å²) in [5.41, 5.74) is -2.10. The Bertz CT molecular complexity index is 548. The molecule has 4 nitrogen and oxygen atoms in total. The summed E-state index contributed by atoms with van der Waals surface area (Å²) in [7, 11) is 0. The van der Waals surface area contributed by atoms with Crippen LogP contribution in [0, 0.1) is 0 Å². The second-order valence-electron chi connectivity index (χ2n) is 4.53. The fraction of sp³-hybridized carbons (Fsp3) is 0.308. The van der Waals surface area contributed by atoms with E-state index in [1.165, 1.54) is 19.3 Å². The molecule has 1 unspecified atom stereocenters. The van der Waals surface area contributed by atoms with E-state index in [2.05, 4.69) is 10.3 Å². The molecular weight excluding hydrogens is 273 g/mol. The average molecular weight is 286 g/mol. The van der Waals surface area contributed by atoms with Gasteiger partial charge < -0.3 is 14.8 Å². The van der Waals surface area contributed by atoms with E-state index in [0.29, 0.717) is 5.76 Å². The highest BCUT2D eigenvalue weighted by Gasteiger charge is 2.31. The van der Waals surface area contributed by atoms with Crippen molar-refractivity contribution in [2.24, 2.45) is 0 Å². The lowest BCUT2D eigenvalue weighted by Gasteiger charge is -2.21. The molecule has 0 spiro atoms. The summed E-state index contributed by atoms with van der Waals surface area (Å²) in [6.45, 7) is 1.59. The zero-order chi connectivity index (χ0) is 14.8. The first kappa shape index (κ1) is 14.4. The maximum Gasteiger partial charge on any atom is 0.417 e. The van der Waals surface area contributed by atoms with E-state index in [1.807, 2.05) is 0 Å². The normalized spacial score (nSPS) is 14.8. The minimum Gasteiger partial charge on any atom is -0.466 e. The molecule has 0 radical (unpaired) electrons. The number of hydrogen-bond acceptors (Lipinski definition) is 4. The van der Waals surface area contributed by atoms with Crippen LogP contribution in [0.5, 0.6) is 0 Å². The first-order valence-corrected chi connectivity index (χ1v) is 5.82. The van der Waals surface area contributed by atoms with Gasteiger partial charge in [-0.1, -0.05) is 0 Å². The van der Waals surface area contributed by atoms with Crippen molar-refractivity contribution in [3.63, 3.8) is 0 Å². The standard InChI is InChI=1S/C13H13F3N2O2/c1-12(19,10-3-2-6-20-10)8-18-11-5-4-9(7-17-11)13(14,15)16/h2-7,19H,8H2,1H3,(H,17,18). The highest BCUT2D eigenvalue weighted by Crippen LogP contribution is 2.29. The quantitative estimate of drug-likeness (QED) is 0.907. The monoisotopic (exact) mass is 286 g/mol. The summed E-state index contributed by atoms with van der Waals surface area (Å²) < 4.78 is 42.2. The van der Waals surface area contributed by atoms with Gasteiger partial charge in [-0.3, -0.25) is 0 Å². The average Bonchev–Trinajstić information content (AvgIpc) is 2.90. The Morgan fingerprint density at radius 1 is 1.30 bits per heavy atom. The molecule has 0 bridgehead atoms. The van der Waals surface area contributed by atoms with Crippen molar-refractivity contribution in [3.8, 4) is 0 Å². The molecule has 0 fully saturated rings. The van der Waals surface area contributed by atoms with Crippen LogP contribution in [0.4, 0.5) is 19.0 Å².